The Labute approximate surface area is 132 Å². The maximum absolute atomic E-state index is 4.44. The Kier molecular flexibility index (Phi) is 4.86. The van der Waals surface area contributed by atoms with Crippen LogP contribution in [0.1, 0.15) is 12.5 Å². The summed E-state index contributed by atoms with van der Waals surface area (Å²) in [6, 6.07) is 16.7. The average molecular weight is 293 g/mol. The number of hydrogen-bond donors (Lipinski definition) is 0. The smallest absolute Gasteiger partial charge is 0.128 e. The molecule has 1 aliphatic heterocycles. The van der Waals surface area contributed by atoms with Gasteiger partial charge >= 0.3 is 0 Å². The molecule has 2 aromatic rings. The van der Waals surface area contributed by atoms with Gasteiger partial charge in [0.25, 0.3) is 0 Å². The van der Waals surface area contributed by atoms with Crippen LogP contribution in [-0.4, -0.2) is 42.6 Å². The molecule has 1 saturated heterocycles. The van der Waals surface area contributed by atoms with Crippen LogP contribution in [0, 0.1) is 0 Å². The molecule has 3 heteroatoms. The van der Waals surface area contributed by atoms with Crippen molar-refractivity contribution in [1.82, 2.24) is 9.88 Å². The summed E-state index contributed by atoms with van der Waals surface area (Å²) in [6.45, 7) is 7.56. The molecule has 3 nitrogen and oxygen atoms in total. The van der Waals surface area contributed by atoms with Crippen molar-refractivity contribution in [3.05, 3.63) is 65.9 Å². The Morgan fingerprint density at radius 2 is 1.73 bits per heavy atom. The first kappa shape index (κ1) is 14.8. The van der Waals surface area contributed by atoms with Crippen LogP contribution in [-0.2, 0) is 0 Å². The van der Waals surface area contributed by atoms with Gasteiger partial charge in [0, 0.05) is 38.9 Å². The van der Waals surface area contributed by atoms with Gasteiger partial charge in [-0.05, 0) is 24.6 Å². The van der Waals surface area contributed by atoms with Gasteiger partial charge in [-0.2, -0.15) is 0 Å². The predicted octanol–water partition coefficient (Wildman–Crippen LogP) is 3.31. The highest BCUT2D eigenvalue weighted by atomic mass is 15.3. The van der Waals surface area contributed by atoms with Crippen molar-refractivity contribution in [3.63, 3.8) is 0 Å². The highest BCUT2D eigenvalue weighted by Crippen LogP contribution is 2.14. The van der Waals surface area contributed by atoms with Crippen molar-refractivity contribution < 1.29 is 0 Å². The van der Waals surface area contributed by atoms with Crippen LogP contribution in [0.2, 0.25) is 0 Å². The normalized spacial score (nSPS) is 16.8. The summed E-state index contributed by atoms with van der Waals surface area (Å²) in [7, 11) is 0. The minimum atomic E-state index is 1.05. The monoisotopic (exact) mass is 293 g/mol. The van der Waals surface area contributed by atoms with Crippen LogP contribution in [0.15, 0.2) is 60.3 Å². The summed E-state index contributed by atoms with van der Waals surface area (Å²) in [4.78, 5) is 9.33. The summed E-state index contributed by atoms with van der Waals surface area (Å²) in [5.74, 6) is 1.10. The summed E-state index contributed by atoms with van der Waals surface area (Å²) in [5, 5.41) is 0. The lowest BCUT2D eigenvalue weighted by Gasteiger charge is -2.35. The van der Waals surface area contributed by atoms with Crippen LogP contribution in [0.3, 0.4) is 0 Å². The molecule has 0 radical (unpaired) electrons. The van der Waals surface area contributed by atoms with Crippen molar-refractivity contribution in [3.8, 4) is 0 Å². The molecule has 0 unspecified atom stereocenters. The van der Waals surface area contributed by atoms with E-state index < -0.39 is 0 Å². The topological polar surface area (TPSA) is 19.4 Å². The van der Waals surface area contributed by atoms with Crippen LogP contribution >= 0.6 is 0 Å². The Hall–Kier alpha value is -2.13. The molecule has 1 aromatic carbocycles. The summed E-state index contributed by atoms with van der Waals surface area (Å²) in [5.41, 5.74) is 2.70. The van der Waals surface area contributed by atoms with E-state index in [9.17, 15) is 0 Å². The zero-order valence-electron chi connectivity index (χ0n) is 13.2. The molecule has 1 fully saturated rings. The number of piperazine rings is 1. The Morgan fingerprint density at radius 1 is 1.00 bits per heavy atom. The summed E-state index contributed by atoms with van der Waals surface area (Å²) < 4.78 is 0. The van der Waals surface area contributed by atoms with E-state index >= 15 is 0 Å². The second-order valence-corrected chi connectivity index (χ2v) is 5.85. The fraction of sp³-hybridized carbons (Fsp3) is 0.316. The third kappa shape index (κ3) is 3.95. The number of benzene rings is 1. The highest BCUT2D eigenvalue weighted by molar-refractivity contribution is 5.52. The van der Waals surface area contributed by atoms with Crippen LogP contribution in [0.4, 0.5) is 5.82 Å². The molecule has 0 saturated carbocycles. The van der Waals surface area contributed by atoms with Crippen molar-refractivity contribution in [2.24, 2.45) is 0 Å². The summed E-state index contributed by atoms with van der Waals surface area (Å²) >= 11 is 0. The average Bonchev–Trinajstić information content (AvgIpc) is 2.57. The molecular weight excluding hydrogens is 270 g/mol. The number of rotatable bonds is 4. The molecule has 0 spiro atoms. The molecular formula is C19H23N3. The molecule has 0 bridgehead atoms. The number of aromatic nitrogens is 1. The lowest BCUT2D eigenvalue weighted by atomic mass is 10.1. The van der Waals surface area contributed by atoms with E-state index in [1.54, 1.807) is 0 Å². The van der Waals surface area contributed by atoms with Gasteiger partial charge in [-0.3, -0.25) is 4.90 Å². The molecule has 0 amide bonds. The maximum Gasteiger partial charge on any atom is 0.128 e. The molecule has 0 N–H and O–H groups in total. The fourth-order valence-corrected chi connectivity index (χ4v) is 2.91. The highest BCUT2D eigenvalue weighted by Gasteiger charge is 2.17. The first-order valence-electron chi connectivity index (χ1n) is 7.92. The quantitative estimate of drug-likeness (QED) is 0.862. The Morgan fingerprint density at radius 3 is 2.41 bits per heavy atom. The number of pyridine rings is 1. The molecule has 114 valence electrons. The van der Waals surface area contributed by atoms with Gasteiger partial charge in [0.05, 0.1) is 0 Å². The maximum atomic E-state index is 4.44. The van der Waals surface area contributed by atoms with Crippen molar-refractivity contribution >= 4 is 11.9 Å². The van der Waals surface area contributed by atoms with Crippen molar-refractivity contribution in [1.29, 1.82) is 0 Å². The van der Waals surface area contributed by atoms with Gasteiger partial charge in [0.1, 0.15) is 5.82 Å². The standard InChI is InChI=1S/C19H23N3/c1-17(15-18-7-3-2-4-8-18)16-21-11-13-22(14-12-21)19-9-5-6-10-20-19/h2-10,15H,11-14,16H2,1H3. The summed E-state index contributed by atoms with van der Waals surface area (Å²) in [6.07, 6.45) is 4.15. The second-order valence-electron chi connectivity index (χ2n) is 5.85. The SMILES string of the molecule is CC(=Cc1ccccc1)CN1CCN(c2ccccn2)CC1. The lowest BCUT2D eigenvalue weighted by molar-refractivity contribution is 0.278. The van der Waals surface area contributed by atoms with E-state index in [1.165, 1.54) is 11.1 Å². The fourth-order valence-electron chi connectivity index (χ4n) is 2.91. The van der Waals surface area contributed by atoms with Gasteiger partial charge in [-0.25, -0.2) is 4.98 Å². The first-order chi connectivity index (χ1) is 10.8. The van der Waals surface area contributed by atoms with Gasteiger partial charge < -0.3 is 4.90 Å². The molecule has 2 heterocycles. The van der Waals surface area contributed by atoms with Gasteiger partial charge in [0.15, 0.2) is 0 Å². The third-order valence-corrected chi connectivity index (χ3v) is 4.03. The minimum Gasteiger partial charge on any atom is -0.354 e. The predicted molar refractivity (Wildman–Crippen MR) is 93.0 cm³/mol. The van der Waals surface area contributed by atoms with E-state index in [0.29, 0.717) is 0 Å². The lowest BCUT2D eigenvalue weighted by Crippen LogP contribution is -2.47. The zero-order chi connectivity index (χ0) is 15.2. The van der Waals surface area contributed by atoms with E-state index in [2.05, 4.69) is 70.2 Å². The molecule has 0 aliphatic carbocycles. The van der Waals surface area contributed by atoms with Gasteiger partial charge in [-0.1, -0.05) is 48.0 Å². The van der Waals surface area contributed by atoms with Crippen LogP contribution < -0.4 is 4.90 Å². The molecule has 22 heavy (non-hydrogen) atoms. The minimum absolute atomic E-state index is 1.05. The van der Waals surface area contributed by atoms with E-state index in [0.717, 1.165) is 38.5 Å². The number of nitrogens with zero attached hydrogens (tertiary/aromatic N) is 3. The zero-order valence-corrected chi connectivity index (χ0v) is 13.2. The van der Waals surface area contributed by atoms with Crippen LogP contribution in [0.5, 0.6) is 0 Å². The number of hydrogen-bond acceptors (Lipinski definition) is 3. The van der Waals surface area contributed by atoms with Crippen molar-refractivity contribution in [2.75, 3.05) is 37.6 Å². The molecule has 3 rings (SSSR count). The Balaban J connectivity index is 1.53. The van der Waals surface area contributed by atoms with Gasteiger partial charge in [0.2, 0.25) is 0 Å². The van der Waals surface area contributed by atoms with E-state index in [-0.39, 0.29) is 0 Å². The van der Waals surface area contributed by atoms with E-state index in [1.807, 2.05) is 12.3 Å². The van der Waals surface area contributed by atoms with Gasteiger partial charge in [-0.15, -0.1) is 0 Å². The number of anilines is 1. The molecule has 0 atom stereocenters. The molecule has 1 aromatic heterocycles. The first-order valence-corrected chi connectivity index (χ1v) is 7.92. The van der Waals surface area contributed by atoms with Crippen molar-refractivity contribution in [2.45, 2.75) is 6.92 Å². The molecule has 1 aliphatic rings. The largest absolute Gasteiger partial charge is 0.354 e. The Bertz CT molecular complexity index is 599. The third-order valence-electron chi connectivity index (χ3n) is 4.03. The van der Waals surface area contributed by atoms with E-state index in [4.69, 9.17) is 0 Å². The second kappa shape index (κ2) is 7.23. The van der Waals surface area contributed by atoms with Crippen LogP contribution in [0.25, 0.3) is 6.08 Å².